The van der Waals surface area contributed by atoms with E-state index in [1.54, 1.807) is 24.9 Å². The van der Waals surface area contributed by atoms with Gasteiger partial charge in [-0.1, -0.05) is 23.7 Å². The molecule has 0 bridgehead atoms. The average molecular weight is 308 g/mol. The third-order valence-corrected chi connectivity index (χ3v) is 3.40. The number of carbonyl (C=O) groups is 1. The van der Waals surface area contributed by atoms with Gasteiger partial charge >= 0.3 is 0 Å². The first-order valence-electron chi connectivity index (χ1n) is 6.30. The number of hydrogen-bond donors (Lipinski definition) is 1. The maximum atomic E-state index is 13.5. The Labute approximate surface area is 127 Å². The van der Waals surface area contributed by atoms with E-state index in [1.165, 1.54) is 18.3 Å². The van der Waals surface area contributed by atoms with Crippen molar-refractivity contribution in [2.24, 2.45) is 5.73 Å². The van der Waals surface area contributed by atoms with Gasteiger partial charge in [0.05, 0.1) is 10.6 Å². The summed E-state index contributed by atoms with van der Waals surface area (Å²) in [5, 5.41) is 0.321. The van der Waals surface area contributed by atoms with Gasteiger partial charge in [-0.2, -0.15) is 0 Å². The molecule has 1 aromatic heterocycles. The lowest BCUT2D eigenvalue weighted by molar-refractivity contribution is 0.1000. The number of pyridine rings is 1. The van der Waals surface area contributed by atoms with Crippen molar-refractivity contribution in [3.8, 4) is 0 Å². The zero-order valence-corrected chi connectivity index (χ0v) is 12.5. The topological polar surface area (TPSA) is 59.2 Å². The highest BCUT2D eigenvalue weighted by atomic mass is 35.5. The number of aryl methyl sites for hydroxylation is 1. The largest absolute Gasteiger partial charge is 0.366 e. The van der Waals surface area contributed by atoms with Gasteiger partial charge in [0.25, 0.3) is 0 Å². The average Bonchev–Trinajstić information content (AvgIpc) is 2.42. The SMILES string of the molecule is Cc1ccc(CN(C)c2ncc(C(N)=O)cc2Cl)cc1F. The van der Waals surface area contributed by atoms with Crippen molar-refractivity contribution in [1.29, 1.82) is 0 Å². The normalized spacial score (nSPS) is 10.5. The number of anilines is 1. The van der Waals surface area contributed by atoms with Gasteiger partial charge in [-0.3, -0.25) is 4.79 Å². The summed E-state index contributed by atoms with van der Waals surface area (Å²) in [5.41, 5.74) is 6.82. The van der Waals surface area contributed by atoms with Gasteiger partial charge in [0.2, 0.25) is 5.91 Å². The quantitative estimate of drug-likeness (QED) is 0.945. The molecule has 2 aromatic rings. The van der Waals surface area contributed by atoms with Crippen LogP contribution < -0.4 is 10.6 Å². The Bertz CT molecular complexity index is 691. The maximum Gasteiger partial charge on any atom is 0.250 e. The monoisotopic (exact) mass is 307 g/mol. The number of hydrogen-bond acceptors (Lipinski definition) is 3. The number of halogens is 2. The van der Waals surface area contributed by atoms with Crippen LogP contribution in [-0.4, -0.2) is 17.9 Å². The number of amides is 1. The molecule has 21 heavy (non-hydrogen) atoms. The van der Waals surface area contributed by atoms with E-state index >= 15 is 0 Å². The van der Waals surface area contributed by atoms with Gasteiger partial charge in [-0.15, -0.1) is 0 Å². The number of nitrogens with zero attached hydrogens (tertiary/aromatic N) is 2. The van der Waals surface area contributed by atoms with Crippen LogP contribution in [0.2, 0.25) is 5.02 Å². The molecule has 1 heterocycles. The Balaban J connectivity index is 2.21. The van der Waals surface area contributed by atoms with Crippen LogP contribution in [0.25, 0.3) is 0 Å². The third kappa shape index (κ3) is 3.49. The van der Waals surface area contributed by atoms with Gasteiger partial charge in [0, 0.05) is 19.8 Å². The predicted octanol–water partition coefficient (Wildman–Crippen LogP) is 2.92. The van der Waals surface area contributed by atoms with Crippen LogP contribution in [0.1, 0.15) is 21.5 Å². The van der Waals surface area contributed by atoms with E-state index in [0.29, 0.717) is 22.9 Å². The second-order valence-electron chi connectivity index (χ2n) is 4.83. The Kier molecular flexibility index (Phi) is 4.43. The Morgan fingerprint density at radius 1 is 1.43 bits per heavy atom. The molecule has 1 aromatic carbocycles. The summed E-state index contributed by atoms with van der Waals surface area (Å²) >= 11 is 6.11. The fourth-order valence-corrected chi connectivity index (χ4v) is 2.24. The van der Waals surface area contributed by atoms with E-state index in [-0.39, 0.29) is 11.4 Å². The van der Waals surface area contributed by atoms with Crippen molar-refractivity contribution in [2.45, 2.75) is 13.5 Å². The van der Waals surface area contributed by atoms with Gasteiger partial charge in [-0.05, 0) is 30.2 Å². The van der Waals surface area contributed by atoms with Crippen LogP contribution in [0.4, 0.5) is 10.2 Å². The summed E-state index contributed by atoms with van der Waals surface area (Å²) in [7, 11) is 1.79. The van der Waals surface area contributed by atoms with Crippen LogP contribution in [0.5, 0.6) is 0 Å². The fraction of sp³-hybridized carbons (Fsp3) is 0.200. The summed E-state index contributed by atoms with van der Waals surface area (Å²) in [6.07, 6.45) is 1.37. The molecular weight excluding hydrogens is 293 g/mol. The first-order valence-corrected chi connectivity index (χ1v) is 6.68. The standard InChI is InChI=1S/C15H15ClFN3O/c1-9-3-4-10(5-13(9)17)8-20(2)15-12(16)6-11(7-19-15)14(18)21/h3-7H,8H2,1-2H3,(H2,18,21). The minimum Gasteiger partial charge on any atom is -0.366 e. The van der Waals surface area contributed by atoms with E-state index < -0.39 is 5.91 Å². The number of nitrogens with two attached hydrogens (primary N) is 1. The van der Waals surface area contributed by atoms with Crippen molar-refractivity contribution in [1.82, 2.24) is 4.98 Å². The molecule has 0 atom stereocenters. The molecule has 0 unspecified atom stereocenters. The summed E-state index contributed by atoms with van der Waals surface area (Å²) in [6.45, 7) is 2.16. The molecule has 4 nitrogen and oxygen atoms in total. The smallest absolute Gasteiger partial charge is 0.250 e. The lowest BCUT2D eigenvalue weighted by Crippen LogP contribution is -2.19. The lowest BCUT2D eigenvalue weighted by Gasteiger charge is -2.20. The predicted molar refractivity (Wildman–Crippen MR) is 81.0 cm³/mol. The molecule has 1 amide bonds. The minimum atomic E-state index is -0.584. The molecular formula is C15H15ClFN3O. The van der Waals surface area contributed by atoms with Crippen molar-refractivity contribution in [3.05, 3.63) is 58.0 Å². The Hall–Kier alpha value is -2.14. The third-order valence-electron chi connectivity index (χ3n) is 3.12. The van der Waals surface area contributed by atoms with Crippen LogP contribution in [0, 0.1) is 12.7 Å². The highest BCUT2D eigenvalue weighted by Crippen LogP contribution is 2.24. The number of rotatable bonds is 4. The molecule has 0 spiro atoms. The Morgan fingerprint density at radius 3 is 2.71 bits per heavy atom. The van der Waals surface area contributed by atoms with E-state index in [1.807, 2.05) is 6.07 Å². The fourth-order valence-electron chi connectivity index (χ4n) is 1.93. The van der Waals surface area contributed by atoms with Crippen molar-refractivity contribution >= 4 is 23.3 Å². The molecule has 0 aliphatic carbocycles. The van der Waals surface area contributed by atoms with Gasteiger partial charge in [0.15, 0.2) is 0 Å². The van der Waals surface area contributed by atoms with E-state index in [2.05, 4.69) is 4.98 Å². The number of aromatic nitrogens is 1. The molecule has 0 aliphatic heterocycles. The maximum absolute atomic E-state index is 13.5. The first kappa shape index (κ1) is 15.3. The van der Waals surface area contributed by atoms with Gasteiger partial charge in [-0.25, -0.2) is 9.37 Å². The van der Waals surface area contributed by atoms with E-state index in [9.17, 15) is 9.18 Å². The number of carbonyl (C=O) groups excluding carboxylic acids is 1. The summed E-state index contributed by atoms with van der Waals surface area (Å²) in [4.78, 5) is 17.0. The van der Waals surface area contributed by atoms with Crippen LogP contribution >= 0.6 is 11.6 Å². The van der Waals surface area contributed by atoms with Crippen LogP contribution in [0.3, 0.4) is 0 Å². The minimum absolute atomic E-state index is 0.246. The van der Waals surface area contributed by atoms with Crippen molar-refractivity contribution < 1.29 is 9.18 Å². The van der Waals surface area contributed by atoms with Crippen molar-refractivity contribution in [3.63, 3.8) is 0 Å². The Morgan fingerprint density at radius 2 is 2.14 bits per heavy atom. The van der Waals surface area contributed by atoms with Crippen LogP contribution in [-0.2, 0) is 6.54 Å². The van der Waals surface area contributed by atoms with Gasteiger partial charge < -0.3 is 10.6 Å². The molecule has 6 heteroatoms. The highest BCUT2D eigenvalue weighted by molar-refractivity contribution is 6.33. The molecule has 2 rings (SSSR count). The second-order valence-corrected chi connectivity index (χ2v) is 5.24. The second kappa shape index (κ2) is 6.10. The molecule has 0 aliphatic rings. The summed E-state index contributed by atoms with van der Waals surface area (Å²) < 4.78 is 13.5. The highest BCUT2D eigenvalue weighted by Gasteiger charge is 2.12. The van der Waals surface area contributed by atoms with Crippen LogP contribution in [0.15, 0.2) is 30.5 Å². The zero-order chi connectivity index (χ0) is 15.6. The van der Waals surface area contributed by atoms with Gasteiger partial charge in [0.1, 0.15) is 11.6 Å². The number of benzene rings is 1. The van der Waals surface area contributed by atoms with E-state index in [4.69, 9.17) is 17.3 Å². The number of primary amides is 1. The molecule has 0 radical (unpaired) electrons. The van der Waals surface area contributed by atoms with Crippen molar-refractivity contribution in [2.75, 3.05) is 11.9 Å². The molecule has 2 N–H and O–H groups in total. The summed E-state index contributed by atoms with van der Waals surface area (Å²) in [6, 6.07) is 6.53. The first-order chi connectivity index (χ1) is 9.88. The molecule has 0 saturated heterocycles. The lowest BCUT2D eigenvalue weighted by atomic mass is 10.1. The molecule has 0 saturated carbocycles. The zero-order valence-electron chi connectivity index (χ0n) is 11.7. The van der Waals surface area contributed by atoms with E-state index in [0.717, 1.165) is 5.56 Å². The molecule has 0 fully saturated rings. The summed E-state index contributed by atoms with van der Waals surface area (Å²) in [5.74, 6) is -0.328. The molecule has 110 valence electrons.